The molecule has 1 aliphatic rings. The number of hydrogen-bond acceptors (Lipinski definition) is 3. The Kier molecular flexibility index (Phi) is 2.08. The molecule has 1 aromatic heterocycles. The highest BCUT2D eigenvalue weighted by molar-refractivity contribution is 5.50. The van der Waals surface area contributed by atoms with E-state index in [0.717, 1.165) is 18.8 Å². The number of nitrogens with zero attached hydrogens (tertiary/aromatic N) is 2. The quantitative estimate of drug-likeness (QED) is 0.651. The van der Waals surface area contributed by atoms with Crippen molar-refractivity contribution in [1.82, 2.24) is 4.98 Å². The Hall–Kier alpha value is -1.25. The average Bonchev–Trinajstić information content (AvgIpc) is 2.18. The van der Waals surface area contributed by atoms with Gasteiger partial charge >= 0.3 is 0 Å². The van der Waals surface area contributed by atoms with Crippen molar-refractivity contribution in [3.05, 3.63) is 17.7 Å². The van der Waals surface area contributed by atoms with E-state index in [1.807, 2.05) is 6.07 Å². The van der Waals surface area contributed by atoms with Crippen molar-refractivity contribution in [1.29, 1.82) is 0 Å². The van der Waals surface area contributed by atoms with Crippen molar-refractivity contribution in [2.24, 2.45) is 0 Å². The van der Waals surface area contributed by atoms with Crippen molar-refractivity contribution in [3.63, 3.8) is 0 Å². The van der Waals surface area contributed by atoms with Gasteiger partial charge in [-0.15, -0.1) is 0 Å². The summed E-state index contributed by atoms with van der Waals surface area (Å²) in [5.41, 5.74) is 1.33. The molecule has 0 atom stereocenters. The first-order valence-corrected chi connectivity index (χ1v) is 4.56. The van der Waals surface area contributed by atoms with E-state index in [0.29, 0.717) is 5.88 Å². The normalized spacial score (nSPS) is 15.4. The lowest BCUT2D eigenvalue weighted by Gasteiger charge is -2.26. The number of ether oxygens (including phenoxy) is 1. The Bertz CT molecular complexity index is 312. The number of methoxy groups -OCH3 is 1. The van der Waals surface area contributed by atoms with Crippen molar-refractivity contribution >= 4 is 5.82 Å². The topological polar surface area (TPSA) is 25.4 Å². The molecular formula is C10H14N2O. The number of rotatable bonds is 1. The van der Waals surface area contributed by atoms with Gasteiger partial charge in [0.25, 0.3) is 0 Å². The second-order valence-corrected chi connectivity index (χ2v) is 3.36. The van der Waals surface area contributed by atoms with Gasteiger partial charge in [-0.3, -0.25) is 0 Å². The molecule has 0 aromatic carbocycles. The minimum atomic E-state index is 0.701. The molecule has 0 unspecified atom stereocenters. The Morgan fingerprint density at radius 1 is 1.46 bits per heavy atom. The molecule has 1 aromatic rings. The van der Waals surface area contributed by atoms with Crippen LogP contribution in [0, 0.1) is 0 Å². The van der Waals surface area contributed by atoms with Crippen LogP contribution in [0.15, 0.2) is 12.1 Å². The SMILES string of the molecule is COc1ccc2c(n1)N(C)CCC2. The van der Waals surface area contributed by atoms with E-state index < -0.39 is 0 Å². The fourth-order valence-corrected chi connectivity index (χ4v) is 1.71. The molecule has 0 saturated heterocycles. The van der Waals surface area contributed by atoms with Gasteiger partial charge in [0, 0.05) is 19.7 Å². The van der Waals surface area contributed by atoms with Gasteiger partial charge in [0.2, 0.25) is 5.88 Å². The van der Waals surface area contributed by atoms with Crippen LogP contribution in [0.25, 0.3) is 0 Å². The molecule has 0 spiro atoms. The molecule has 0 amide bonds. The lowest BCUT2D eigenvalue weighted by Crippen LogP contribution is -2.25. The summed E-state index contributed by atoms with van der Waals surface area (Å²) >= 11 is 0. The molecule has 1 aliphatic heterocycles. The average molecular weight is 178 g/mol. The third-order valence-electron chi connectivity index (χ3n) is 2.44. The number of fused-ring (bicyclic) bond motifs is 1. The van der Waals surface area contributed by atoms with Crippen LogP contribution in [-0.2, 0) is 6.42 Å². The maximum atomic E-state index is 5.09. The van der Waals surface area contributed by atoms with Gasteiger partial charge < -0.3 is 9.64 Å². The molecule has 0 fully saturated rings. The molecule has 0 bridgehead atoms. The first kappa shape index (κ1) is 8.35. The van der Waals surface area contributed by atoms with Crippen molar-refractivity contribution in [2.75, 3.05) is 25.6 Å². The molecule has 3 nitrogen and oxygen atoms in total. The molecule has 2 rings (SSSR count). The fourth-order valence-electron chi connectivity index (χ4n) is 1.71. The van der Waals surface area contributed by atoms with Gasteiger partial charge in [0.05, 0.1) is 7.11 Å². The summed E-state index contributed by atoms with van der Waals surface area (Å²) in [4.78, 5) is 6.60. The van der Waals surface area contributed by atoms with E-state index in [1.54, 1.807) is 7.11 Å². The monoisotopic (exact) mass is 178 g/mol. The minimum absolute atomic E-state index is 0.701. The third-order valence-corrected chi connectivity index (χ3v) is 2.44. The summed E-state index contributed by atoms with van der Waals surface area (Å²) in [6.45, 7) is 1.09. The zero-order valence-corrected chi connectivity index (χ0v) is 8.08. The van der Waals surface area contributed by atoms with Gasteiger partial charge in [-0.1, -0.05) is 0 Å². The summed E-state index contributed by atoms with van der Waals surface area (Å²) in [7, 11) is 3.72. The van der Waals surface area contributed by atoms with Gasteiger partial charge in [0.1, 0.15) is 5.82 Å². The zero-order valence-electron chi connectivity index (χ0n) is 8.08. The summed E-state index contributed by atoms with van der Waals surface area (Å²) in [5, 5.41) is 0. The molecule has 2 heterocycles. The lowest BCUT2D eigenvalue weighted by molar-refractivity contribution is 0.397. The summed E-state index contributed by atoms with van der Waals surface area (Å²) < 4.78 is 5.09. The van der Waals surface area contributed by atoms with Gasteiger partial charge in [-0.25, -0.2) is 0 Å². The number of anilines is 1. The number of hydrogen-bond donors (Lipinski definition) is 0. The highest BCUT2D eigenvalue weighted by Gasteiger charge is 2.15. The number of aromatic nitrogens is 1. The lowest BCUT2D eigenvalue weighted by atomic mass is 10.1. The Morgan fingerprint density at radius 3 is 3.08 bits per heavy atom. The van der Waals surface area contributed by atoms with E-state index >= 15 is 0 Å². The van der Waals surface area contributed by atoms with Crippen LogP contribution in [0.1, 0.15) is 12.0 Å². The molecule has 0 radical (unpaired) electrons. The van der Waals surface area contributed by atoms with E-state index in [1.165, 1.54) is 12.0 Å². The van der Waals surface area contributed by atoms with Crippen LogP contribution in [0.5, 0.6) is 5.88 Å². The first-order valence-electron chi connectivity index (χ1n) is 4.56. The van der Waals surface area contributed by atoms with E-state index in [9.17, 15) is 0 Å². The zero-order chi connectivity index (χ0) is 9.26. The fraction of sp³-hybridized carbons (Fsp3) is 0.500. The predicted octanol–water partition coefficient (Wildman–Crippen LogP) is 1.47. The molecule has 3 heteroatoms. The van der Waals surface area contributed by atoms with Crippen LogP contribution in [0.3, 0.4) is 0 Å². The largest absolute Gasteiger partial charge is 0.481 e. The summed E-state index contributed by atoms with van der Waals surface area (Å²) in [5.74, 6) is 1.78. The van der Waals surface area contributed by atoms with Crippen molar-refractivity contribution in [3.8, 4) is 5.88 Å². The summed E-state index contributed by atoms with van der Waals surface area (Å²) in [6, 6.07) is 4.04. The van der Waals surface area contributed by atoms with Crippen LogP contribution in [0.2, 0.25) is 0 Å². The van der Waals surface area contributed by atoms with Crippen molar-refractivity contribution < 1.29 is 4.74 Å². The van der Waals surface area contributed by atoms with Gasteiger partial charge in [-0.05, 0) is 24.5 Å². The predicted molar refractivity (Wildman–Crippen MR) is 52.4 cm³/mol. The maximum absolute atomic E-state index is 5.09. The van der Waals surface area contributed by atoms with E-state index in [2.05, 4.69) is 23.0 Å². The second-order valence-electron chi connectivity index (χ2n) is 3.36. The van der Waals surface area contributed by atoms with Gasteiger partial charge in [0.15, 0.2) is 0 Å². The van der Waals surface area contributed by atoms with E-state index in [-0.39, 0.29) is 0 Å². The molecular weight excluding hydrogens is 164 g/mol. The summed E-state index contributed by atoms with van der Waals surface area (Å²) in [6.07, 6.45) is 2.36. The molecule has 0 N–H and O–H groups in total. The Labute approximate surface area is 78.3 Å². The van der Waals surface area contributed by atoms with Crippen LogP contribution in [0.4, 0.5) is 5.82 Å². The standard InChI is InChI=1S/C10H14N2O/c1-12-7-3-4-8-5-6-9(13-2)11-10(8)12/h5-6H,3-4,7H2,1-2H3. The van der Waals surface area contributed by atoms with Crippen LogP contribution in [-0.4, -0.2) is 25.7 Å². The number of pyridine rings is 1. The third kappa shape index (κ3) is 1.46. The van der Waals surface area contributed by atoms with Gasteiger partial charge in [-0.2, -0.15) is 4.98 Å². The molecule has 70 valence electrons. The van der Waals surface area contributed by atoms with Crippen LogP contribution < -0.4 is 9.64 Å². The van der Waals surface area contributed by atoms with Crippen molar-refractivity contribution in [2.45, 2.75) is 12.8 Å². The Morgan fingerprint density at radius 2 is 2.31 bits per heavy atom. The second kappa shape index (κ2) is 3.24. The first-order chi connectivity index (χ1) is 6.31. The van der Waals surface area contributed by atoms with Crippen LogP contribution >= 0.6 is 0 Å². The number of aryl methyl sites for hydroxylation is 1. The minimum Gasteiger partial charge on any atom is -0.481 e. The Balaban J connectivity index is 2.41. The molecule has 0 saturated carbocycles. The van der Waals surface area contributed by atoms with E-state index in [4.69, 9.17) is 4.74 Å². The highest BCUT2D eigenvalue weighted by atomic mass is 16.5. The maximum Gasteiger partial charge on any atom is 0.214 e. The molecule has 13 heavy (non-hydrogen) atoms. The molecule has 0 aliphatic carbocycles. The smallest absolute Gasteiger partial charge is 0.214 e. The highest BCUT2D eigenvalue weighted by Crippen LogP contribution is 2.25.